The minimum Gasteiger partial charge on any atom is -0.306 e. The number of benzene rings is 2. The van der Waals surface area contributed by atoms with E-state index in [1.807, 2.05) is 0 Å². The van der Waals surface area contributed by atoms with Gasteiger partial charge in [0.1, 0.15) is 6.04 Å². The first kappa shape index (κ1) is 21.6. The molecule has 3 aliphatic rings. The van der Waals surface area contributed by atoms with Crippen LogP contribution in [0.1, 0.15) is 6.42 Å². The lowest BCUT2D eigenvalue weighted by Crippen LogP contribution is -2.55. The fourth-order valence-electron chi connectivity index (χ4n) is 5.07. The number of nitro groups is 1. The Morgan fingerprint density at radius 1 is 1.09 bits per heavy atom. The summed E-state index contributed by atoms with van der Waals surface area (Å²) in [6.07, 6.45) is -4.88. The number of piperazine rings is 1. The lowest BCUT2D eigenvalue weighted by atomic mass is 10.1. The number of hydrogen-bond acceptors (Lipinski definition) is 6. The summed E-state index contributed by atoms with van der Waals surface area (Å²) < 4.78 is 63.7. The summed E-state index contributed by atoms with van der Waals surface area (Å²) in [5, 5.41) is 11.8. The van der Waals surface area contributed by atoms with E-state index >= 15 is 0 Å². The average Bonchev–Trinajstić information content (AvgIpc) is 3.37. The SMILES string of the molecule is O=C1[C@H]2[C@@H]3C[C@@H](CN3S(=O)(=O)CC(F)(F)F)N2C(=O)N1c1ccc([N+](=O)[O-])c2ccccc12. The van der Waals surface area contributed by atoms with E-state index in [9.17, 15) is 41.3 Å². The van der Waals surface area contributed by atoms with E-state index in [-0.39, 0.29) is 35.1 Å². The van der Waals surface area contributed by atoms with E-state index in [1.165, 1.54) is 23.1 Å². The van der Waals surface area contributed by atoms with Crippen LogP contribution < -0.4 is 4.90 Å². The van der Waals surface area contributed by atoms with Crippen molar-refractivity contribution in [3.05, 3.63) is 46.5 Å². The second kappa shape index (κ2) is 6.87. The van der Waals surface area contributed by atoms with Crippen LogP contribution in [0.15, 0.2) is 36.4 Å². The van der Waals surface area contributed by atoms with E-state index in [0.29, 0.717) is 4.31 Å². The number of carbonyl (C=O) groups excluding carboxylic acids is 2. The van der Waals surface area contributed by atoms with E-state index in [0.717, 1.165) is 11.0 Å². The summed E-state index contributed by atoms with van der Waals surface area (Å²) in [4.78, 5) is 39.3. The highest BCUT2D eigenvalue weighted by Crippen LogP contribution is 2.45. The number of anilines is 1. The van der Waals surface area contributed by atoms with Gasteiger partial charge in [-0.3, -0.25) is 14.9 Å². The van der Waals surface area contributed by atoms with Crippen molar-refractivity contribution in [1.82, 2.24) is 9.21 Å². The Hall–Kier alpha value is -3.26. The number of non-ortho nitro benzene ring substituents is 1. The minimum atomic E-state index is -4.94. The van der Waals surface area contributed by atoms with Crippen LogP contribution in [0.5, 0.6) is 0 Å². The minimum absolute atomic E-state index is 0.0636. The van der Waals surface area contributed by atoms with Gasteiger partial charge in [-0.15, -0.1) is 0 Å². The third-order valence-electron chi connectivity index (χ3n) is 6.24. The zero-order chi connectivity index (χ0) is 23.9. The summed E-state index contributed by atoms with van der Waals surface area (Å²) in [7, 11) is -4.74. The number of sulfonamides is 1. The third kappa shape index (κ3) is 3.15. The maximum absolute atomic E-state index is 13.3. The van der Waals surface area contributed by atoms with Gasteiger partial charge >= 0.3 is 12.2 Å². The van der Waals surface area contributed by atoms with Crippen LogP contribution in [0, 0.1) is 10.1 Å². The molecule has 0 saturated carbocycles. The fraction of sp³-hybridized carbons (Fsp3) is 0.368. The van der Waals surface area contributed by atoms with Crippen molar-refractivity contribution < 1.29 is 36.1 Å². The first-order valence-corrected chi connectivity index (χ1v) is 11.4. The van der Waals surface area contributed by atoms with Gasteiger partial charge in [-0.05, 0) is 18.6 Å². The van der Waals surface area contributed by atoms with Crippen LogP contribution in [-0.4, -0.2) is 71.1 Å². The number of halogens is 3. The largest absolute Gasteiger partial charge is 0.404 e. The normalized spacial score (nSPS) is 25.4. The molecule has 2 bridgehead atoms. The van der Waals surface area contributed by atoms with Gasteiger partial charge in [-0.2, -0.15) is 17.5 Å². The molecule has 5 rings (SSSR count). The van der Waals surface area contributed by atoms with Crippen LogP contribution in [0.4, 0.5) is 29.3 Å². The molecule has 3 atom stereocenters. The number of nitrogens with zero attached hydrogens (tertiary/aromatic N) is 4. The average molecular weight is 484 g/mol. The first-order valence-electron chi connectivity index (χ1n) is 9.79. The quantitative estimate of drug-likeness (QED) is 0.373. The molecule has 0 aromatic heterocycles. The Morgan fingerprint density at radius 2 is 1.76 bits per heavy atom. The molecule has 33 heavy (non-hydrogen) atoms. The molecule has 2 aromatic carbocycles. The lowest BCUT2D eigenvalue weighted by Gasteiger charge is -2.34. The summed E-state index contributed by atoms with van der Waals surface area (Å²) >= 11 is 0. The predicted octanol–water partition coefficient (Wildman–Crippen LogP) is 2.23. The number of amides is 3. The van der Waals surface area contributed by atoms with Gasteiger partial charge < -0.3 is 4.90 Å². The summed E-state index contributed by atoms with van der Waals surface area (Å²) in [5.74, 6) is -2.83. The van der Waals surface area contributed by atoms with Crippen LogP contribution in [0.2, 0.25) is 0 Å². The van der Waals surface area contributed by atoms with Crippen molar-refractivity contribution in [3.63, 3.8) is 0 Å². The second-order valence-electron chi connectivity index (χ2n) is 8.11. The van der Waals surface area contributed by atoms with Crippen LogP contribution in [0.25, 0.3) is 10.8 Å². The molecule has 0 radical (unpaired) electrons. The van der Waals surface area contributed by atoms with Crippen molar-refractivity contribution in [3.8, 4) is 0 Å². The summed E-state index contributed by atoms with van der Waals surface area (Å²) in [5.41, 5.74) is -0.136. The molecular formula is C19H15F3N4O6S. The smallest absolute Gasteiger partial charge is 0.306 e. The molecule has 3 fully saturated rings. The number of hydrogen-bond donors (Lipinski definition) is 0. The monoisotopic (exact) mass is 484 g/mol. The van der Waals surface area contributed by atoms with Crippen molar-refractivity contribution in [2.45, 2.75) is 30.7 Å². The number of urea groups is 1. The Morgan fingerprint density at radius 3 is 2.39 bits per heavy atom. The Kier molecular flexibility index (Phi) is 4.49. The van der Waals surface area contributed by atoms with Gasteiger partial charge in [-0.25, -0.2) is 18.1 Å². The van der Waals surface area contributed by atoms with Gasteiger partial charge in [-0.1, -0.05) is 18.2 Å². The standard InChI is InChI=1S/C19H15F3N4O6S/c20-19(21,22)9-33(31,32)23-8-10-7-15(23)16-17(27)25(18(28)24(10)16)13-5-6-14(26(29)30)12-4-2-1-3-11(12)13/h1-6,10,15-16H,7-9H2/t10-,15-,16+/m0/s1. The Labute approximate surface area is 184 Å². The molecule has 174 valence electrons. The highest BCUT2D eigenvalue weighted by atomic mass is 32.2. The molecule has 3 aliphatic heterocycles. The maximum atomic E-state index is 13.3. The van der Waals surface area contributed by atoms with Crippen LogP contribution in [-0.2, 0) is 14.8 Å². The van der Waals surface area contributed by atoms with Gasteiger partial charge in [0.25, 0.3) is 11.6 Å². The number of nitro benzene ring substituents is 1. The highest BCUT2D eigenvalue weighted by Gasteiger charge is 2.64. The zero-order valence-electron chi connectivity index (χ0n) is 16.6. The van der Waals surface area contributed by atoms with Crippen LogP contribution in [0.3, 0.4) is 0 Å². The molecule has 3 heterocycles. The highest BCUT2D eigenvalue weighted by molar-refractivity contribution is 7.89. The van der Waals surface area contributed by atoms with E-state index in [1.54, 1.807) is 12.1 Å². The summed E-state index contributed by atoms with van der Waals surface area (Å²) in [6, 6.07) is 4.72. The van der Waals surface area contributed by atoms with Crippen molar-refractivity contribution in [1.29, 1.82) is 0 Å². The molecule has 2 aromatic rings. The maximum Gasteiger partial charge on any atom is 0.404 e. The molecule has 10 nitrogen and oxygen atoms in total. The van der Waals surface area contributed by atoms with Gasteiger partial charge in [0, 0.05) is 24.0 Å². The topological polar surface area (TPSA) is 121 Å². The first-order chi connectivity index (χ1) is 15.4. The number of imide groups is 1. The van der Waals surface area contributed by atoms with E-state index in [4.69, 9.17) is 0 Å². The number of rotatable bonds is 4. The molecule has 0 unspecified atom stereocenters. The van der Waals surface area contributed by atoms with Gasteiger partial charge in [0.05, 0.1) is 22.0 Å². The van der Waals surface area contributed by atoms with Crippen molar-refractivity contribution in [2.24, 2.45) is 0 Å². The van der Waals surface area contributed by atoms with E-state index < -0.39 is 56.9 Å². The molecule has 3 saturated heterocycles. The lowest BCUT2D eigenvalue weighted by molar-refractivity contribution is -0.383. The van der Waals surface area contributed by atoms with Gasteiger partial charge in [0.15, 0.2) is 5.75 Å². The van der Waals surface area contributed by atoms with Gasteiger partial charge in [0.2, 0.25) is 10.0 Å². The second-order valence-corrected chi connectivity index (χ2v) is 10.0. The molecule has 3 amide bonds. The molecule has 14 heteroatoms. The zero-order valence-corrected chi connectivity index (χ0v) is 17.4. The number of fused-ring (bicyclic) bond motifs is 6. The Bertz CT molecular complexity index is 1330. The van der Waals surface area contributed by atoms with Crippen molar-refractivity contribution >= 4 is 44.1 Å². The van der Waals surface area contributed by atoms with Crippen LogP contribution >= 0.6 is 0 Å². The fourth-order valence-corrected chi connectivity index (χ4v) is 6.66. The van der Waals surface area contributed by atoms with E-state index in [2.05, 4.69) is 0 Å². The molecule has 0 N–H and O–H groups in total. The third-order valence-corrected chi connectivity index (χ3v) is 8.06. The Balaban J connectivity index is 1.54. The predicted molar refractivity (Wildman–Crippen MR) is 108 cm³/mol. The molecular weight excluding hydrogens is 469 g/mol. The number of alkyl halides is 3. The summed E-state index contributed by atoms with van der Waals surface area (Å²) in [6.45, 7) is -0.326. The number of carbonyl (C=O) groups is 2. The molecule has 0 spiro atoms. The van der Waals surface area contributed by atoms with Crippen molar-refractivity contribution in [2.75, 3.05) is 17.2 Å². The molecule has 0 aliphatic carbocycles.